The van der Waals surface area contributed by atoms with Gasteiger partial charge in [-0.25, -0.2) is 0 Å². The van der Waals surface area contributed by atoms with Crippen LogP contribution in [-0.4, -0.2) is 52.8 Å². The summed E-state index contributed by atoms with van der Waals surface area (Å²) >= 11 is 0. The van der Waals surface area contributed by atoms with Crippen LogP contribution in [0, 0.1) is 11.8 Å². The Hall–Kier alpha value is -1.16. The zero-order chi connectivity index (χ0) is 16.6. The predicted octanol–water partition coefficient (Wildman–Crippen LogP) is -1.63. The number of rotatable bonds is 10. The molecule has 0 aromatic carbocycles. The molecule has 0 spiro atoms. The number of carbonyl (C=O) groups excluding carboxylic acids is 1. The molecule has 0 bridgehead atoms. The van der Waals surface area contributed by atoms with Gasteiger partial charge in [-0.15, -0.1) is 0 Å². The van der Waals surface area contributed by atoms with Gasteiger partial charge in [0, 0.05) is 12.5 Å². The summed E-state index contributed by atoms with van der Waals surface area (Å²) in [6.07, 6.45) is 0.889. The van der Waals surface area contributed by atoms with Crippen molar-refractivity contribution in [3.8, 4) is 0 Å². The Balaban J connectivity index is 4.46. The van der Waals surface area contributed by atoms with Gasteiger partial charge in [0.1, 0.15) is 6.04 Å². The van der Waals surface area contributed by atoms with Crippen LogP contribution in [0.3, 0.4) is 0 Å². The van der Waals surface area contributed by atoms with E-state index in [1.807, 2.05) is 13.8 Å². The smallest absolute Gasteiger partial charge is 0.451 e. The third kappa shape index (κ3) is 8.01. The lowest BCUT2D eigenvalue weighted by molar-refractivity contribution is -0.140. The molecule has 122 valence electrons. The monoisotopic (exact) mass is 303 g/mol. The van der Waals surface area contributed by atoms with E-state index in [2.05, 4.69) is 5.32 Å². The molecule has 0 saturated carbocycles. The third-order valence-electron chi connectivity index (χ3n) is 3.39. The molecule has 0 aliphatic rings. The third-order valence-corrected chi connectivity index (χ3v) is 3.39. The molecule has 0 heterocycles. The normalized spacial score (nSPS) is 15.4. The lowest BCUT2D eigenvalue weighted by Gasteiger charge is -2.23. The molecule has 0 rings (SSSR count). The van der Waals surface area contributed by atoms with Crippen molar-refractivity contribution in [1.82, 2.24) is 5.32 Å². The van der Waals surface area contributed by atoms with E-state index in [-0.39, 0.29) is 24.7 Å². The molecule has 0 saturated heterocycles. The zero-order valence-corrected chi connectivity index (χ0v) is 12.5. The van der Waals surface area contributed by atoms with E-state index in [0.717, 1.165) is 0 Å². The summed E-state index contributed by atoms with van der Waals surface area (Å²) < 4.78 is 0. The molecule has 0 radical (unpaired) electrons. The maximum atomic E-state index is 11.8. The number of carbonyl (C=O) groups is 2. The first kappa shape index (κ1) is 19.8. The van der Waals surface area contributed by atoms with E-state index in [1.165, 1.54) is 0 Å². The Labute approximate surface area is 125 Å². The SMILES string of the molecule is CC(C)[C@H](N)C(=O)NC[C@H](CCCB(O)O)[C@H](N)C(=O)O. The van der Waals surface area contributed by atoms with Gasteiger partial charge in [0.25, 0.3) is 0 Å². The maximum Gasteiger partial charge on any atom is 0.451 e. The van der Waals surface area contributed by atoms with Crippen molar-refractivity contribution in [1.29, 1.82) is 0 Å². The van der Waals surface area contributed by atoms with Crippen LogP contribution < -0.4 is 16.8 Å². The molecule has 1 amide bonds. The lowest BCUT2D eigenvalue weighted by Crippen LogP contribution is -2.49. The fourth-order valence-corrected chi connectivity index (χ4v) is 1.83. The van der Waals surface area contributed by atoms with Crippen LogP contribution in [0.2, 0.25) is 6.32 Å². The van der Waals surface area contributed by atoms with Gasteiger partial charge in [-0.05, 0) is 18.7 Å². The highest BCUT2D eigenvalue weighted by molar-refractivity contribution is 6.40. The van der Waals surface area contributed by atoms with Crippen LogP contribution in [0.25, 0.3) is 0 Å². The van der Waals surface area contributed by atoms with Gasteiger partial charge in [0.15, 0.2) is 0 Å². The summed E-state index contributed by atoms with van der Waals surface area (Å²) in [5.41, 5.74) is 11.3. The molecule has 0 fully saturated rings. The average Bonchev–Trinajstić information content (AvgIpc) is 2.39. The fraction of sp³-hybridized carbons (Fsp3) is 0.833. The quantitative estimate of drug-likeness (QED) is 0.264. The minimum atomic E-state index is -1.43. The van der Waals surface area contributed by atoms with Gasteiger partial charge < -0.3 is 31.9 Å². The first-order valence-electron chi connectivity index (χ1n) is 7.04. The Morgan fingerprint density at radius 2 is 1.76 bits per heavy atom. The molecular formula is C12H26BN3O5. The second-order valence-corrected chi connectivity index (χ2v) is 5.55. The van der Waals surface area contributed by atoms with Crippen LogP contribution >= 0.6 is 0 Å². The first-order valence-corrected chi connectivity index (χ1v) is 7.04. The highest BCUT2D eigenvalue weighted by Gasteiger charge is 2.26. The number of carboxylic acids is 1. The number of hydrogen-bond donors (Lipinski definition) is 6. The van der Waals surface area contributed by atoms with Crippen molar-refractivity contribution in [2.75, 3.05) is 6.54 Å². The van der Waals surface area contributed by atoms with Crippen LogP contribution in [0.4, 0.5) is 0 Å². The van der Waals surface area contributed by atoms with Crippen molar-refractivity contribution in [2.45, 2.75) is 45.1 Å². The number of nitrogens with two attached hydrogens (primary N) is 2. The number of hydrogen-bond acceptors (Lipinski definition) is 6. The summed E-state index contributed by atoms with van der Waals surface area (Å²) in [7, 11) is -1.43. The molecule has 0 aliphatic heterocycles. The van der Waals surface area contributed by atoms with E-state index in [9.17, 15) is 9.59 Å². The van der Waals surface area contributed by atoms with Gasteiger partial charge >= 0.3 is 13.1 Å². The zero-order valence-electron chi connectivity index (χ0n) is 12.5. The molecule has 8 N–H and O–H groups in total. The second kappa shape index (κ2) is 9.72. The molecule has 3 atom stereocenters. The Morgan fingerprint density at radius 3 is 2.19 bits per heavy atom. The summed E-state index contributed by atoms with van der Waals surface area (Å²) in [4.78, 5) is 22.7. The van der Waals surface area contributed by atoms with Gasteiger partial charge in [0.05, 0.1) is 6.04 Å². The number of nitrogens with one attached hydrogen (secondary N) is 1. The minimum Gasteiger partial charge on any atom is -0.480 e. The van der Waals surface area contributed by atoms with E-state index < -0.39 is 31.1 Å². The first-order chi connectivity index (χ1) is 9.66. The van der Waals surface area contributed by atoms with Crippen LogP contribution in [0.15, 0.2) is 0 Å². The summed E-state index contributed by atoms with van der Waals surface area (Å²) in [5, 5.41) is 29.1. The summed E-state index contributed by atoms with van der Waals surface area (Å²) in [6, 6.07) is -1.79. The van der Waals surface area contributed by atoms with Gasteiger partial charge in [0.2, 0.25) is 5.91 Å². The Bertz CT molecular complexity index is 341. The Kier molecular flexibility index (Phi) is 9.19. The van der Waals surface area contributed by atoms with Crippen LogP contribution in [-0.2, 0) is 9.59 Å². The highest BCUT2D eigenvalue weighted by atomic mass is 16.4. The van der Waals surface area contributed by atoms with Crippen molar-refractivity contribution >= 4 is 19.0 Å². The summed E-state index contributed by atoms with van der Waals surface area (Å²) in [6.45, 7) is 3.72. The second-order valence-electron chi connectivity index (χ2n) is 5.55. The number of aliphatic carboxylic acids is 1. The largest absolute Gasteiger partial charge is 0.480 e. The summed E-state index contributed by atoms with van der Waals surface area (Å²) in [5.74, 6) is -2.03. The Morgan fingerprint density at radius 1 is 1.19 bits per heavy atom. The van der Waals surface area contributed by atoms with Crippen molar-refractivity contribution in [2.24, 2.45) is 23.3 Å². The van der Waals surface area contributed by atoms with E-state index in [4.69, 9.17) is 26.6 Å². The molecule has 0 aliphatic carbocycles. The van der Waals surface area contributed by atoms with E-state index in [1.54, 1.807) is 0 Å². The van der Waals surface area contributed by atoms with Crippen LogP contribution in [0.1, 0.15) is 26.7 Å². The highest BCUT2D eigenvalue weighted by Crippen LogP contribution is 2.13. The van der Waals surface area contributed by atoms with Crippen molar-refractivity contribution < 1.29 is 24.7 Å². The number of amides is 1. The average molecular weight is 303 g/mol. The predicted molar refractivity (Wildman–Crippen MR) is 79.2 cm³/mol. The molecule has 0 aromatic rings. The van der Waals surface area contributed by atoms with Gasteiger partial charge in [-0.3, -0.25) is 9.59 Å². The molecule has 0 unspecified atom stereocenters. The van der Waals surface area contributed by atoms with Crippen molar-refractivity contribution in [3.63, 3.8) is 0 Å². The molecular weight excluding hydrogens is 277 g/mol. The lowest BCUT2D eigenvalue weighted by atomic mass is 9.81. The fourth-order valence-electron chi connectivity index (χ4n) is 1.83. The molecule has 9 heteroatoms. The maximum absolute atomic E-state index is 11.8. The molecule has 0 aromatic heterocycles. The van der Waals surface area contributed by atoms with Crippen LogP contribution in [0.5, 0.6) is 0 Å². The van der Waals surface area contributed by atoms with E-state index in [0.29, 0.717) is 12.8 Å². The minimum absolute atomic E-state index is 0.0267. The van der Waals surface area contributed by atoms with Gasteiger partial charge in [-0.1, -0.05) is 20.3 Å². The van der Waals surface area contributed by atoms with E-state index >= 15 is 0 Å². The molecule has 21 heavy (non-hydrogen) atoms. The molecule has 8 nitrogen and oxygen atoms in total. The topological polar surface area (TPSA) is 159 Å². The number of carboxylic acid groups (broad SMARTS) is 1. The van der Waals surface area contributed by atoms with Crippen molar-refractivity contribution in [3.05, 3.63) is 0 Å². The van der Waals surface area contributed by atoms with Gasteiger partial charge in [-0.2, -0.15) is 0 Å². The standard InChI is InChI=1S/C12H26BN3O5/c1-7(2)9(14)11(17)16-6-8(10(15)12(18)19)4-3-5-13(20)21/h7-10,20-21H,3-6,14-15H2,1-2H3,(H,16,17)(H,18,19)/t8-,9-,10-/m0/s1.